The second kappa shape index (κ2) is 6.93. The van der Waals surface area contributed by atoms with Gasteiger partial charge in [0.2, 0.25) is 0 Å². The van der Waals surface area contributed by atoms with Crippen molar-refractivity contribution in [3.05, 3.63) is 35.9 Å². The molecule has 0 amide bonds. The molecule has 1 N–H and O–H groups in total. The number of hydrogen-bond acceptors (Lipinski definition) is 1. The summed E-state index contributed by atoms with van der Waals surface area (Å²) in [6.07, 6.45) is 2.38. The Hall–Kier alpha value is -0.530. The number of halogens is 1. The van der Waals surface area contributed by atoms with Crippen molar-refractivity contribution in [3.63, 3.8) is 0 Å². The van der Waals surface area contributed by atoms with Crippen molar-refractivity contribution in [2.75, 3.05) is 7.05 Å². The maximum atomic E-state index is 3.24. The molecule has 1 aromatic carbocycles. The molecule has 0 spiro atoms. The lowest BCUT2D eigenvalue weighted by atomic mass is 10.1. The number of hydrogen-bond donors (Lipinski definition) is 1. The minimum absolute atomic E-state index is 0. The summed E-state index contributed by atoms with van der Waals surface area (Å²) in [4.78, 5) is 0. The van der Waals surface area contributed by atoms with Gasteiger partial charge in [-0.2, -0.15) is 0 Å². The number of nitrogens with one attached hydrogen (secondary N) is 1. The molecule has 2 heteroatoms. The molecule has 0 fully saturated rings. The zero-order valence-electron chi connectivity index (χ0n) is 8.29. The monoisotopic (exact) mass is 199 g/mol. The third-order valence-corrected chi connectivity index (χ3v) is 2.20. The first-order valence-corrected chi connectivity index (χ1v) is 4.54. The van der Waals surface area contributed by atoms with Gasteiger partial charge in [-0.1, -0.05) is 30.3 Å². The van der Waals surface area contributed by atoms with Gasteiger partial charge in [0.1, 0.15) is 0 Å². The fourth-order valence-corrected chi connectivity index (χ4v) is 1.17. The van der Waals surface area contributed by atoms with Crippen LogP contribution < -0.4 is 5.32 Å². The Morgan fingerprint density at radius 2 is 1.85 bits per heavy atom. The van der Waals surface area contributed by atoms with Crippen molar-refractivity contribution < 1.29 is 0 Å². The summed E-state index contributed by atoms with van der Waals surface area (Å²) in [7, 11) is 2.01. The fraction of sp³-hybridized carbons (Fsp3) is 0.455. The van der Waals surface area contributed by atoms with E-state index in [1.54, 1.807) is 0 Å². The van der Waals surface area contributed by atoms with Crippen LogP contribution in [0.5, 0.6) is 0 Å². The maximum absolute atomic E-state index is 3.24. The normalized spacial score (nSPS) is 11.8. The quantitative estimate of drug-likeness (QED) is 0.787. The zero-order valence-corrected chi connectivity index (χ0v) is 9.10. The van der Waals surface area contributed by atoms with Crippen molar-refractivity contribution >= 4 is 12.4 Å². The number of rotatable bonds is 4. The third-order valence-electron chi connectivity index (χ3n) is 2.20. The van der Waals surface area contributed by atoms with E-state index in [0.717, 1.165) is 0 Å². The molecule has 1 aromatic rings. The van der Waals surface area contributed by atoms with Gasteiger partial charge in [-0.15, -0.1) is 12.4 Å². The molecule has 1 rings (SSSR count). The van der Waals surface area contributed by atoms with Crippen LogP contribution >= 0.6 is 12.4 Å². The topological polar surface area (TPSA) is 12.0 Å². The van der Waals surface area contributed by atoms with Crippen LogP contribution in [-0.4, -0.2) is 13.1 Å². The van der Waals surface area contributed by atoms with E-state index >= 15 is 0 Å². The highest BCUT2D eigenvalue weighted by Gasteiger charge is 1.97. The van der Waals surface area contributed by atoms with Crippen LogP contribution in [0, 0.1) is 0 Å². The second-order valence-corrected chi connectivity index (χ2v) is 3.21. The van der Waals surface area contributed by atoms with Crippen molar-refractivity contribution in [3.8, 4) is 0 Å². The molecule has 0 radical (unpaired) electrons. The summed E-state index contributed by atoms with van der Waals surface area (Å²) in [5, 5.41) is 3.24. The number of aryl methyl sites for hydroxylation is 1. The number of benzene rings is 1. The molecule has 0 saturated heterocycles. The predicted octanol–water partition coefficient (Wildman–Crippen LogP) is 2.65. The molecule has 13 heavy (non-hydrogen) atoms. The molecule has 1 nitrogen and oxygen atoms in total. The van der Waals surface area contributed by atoms with E-state index in [1.165, 1.54) is 18.4 Å². The van der Waals surface area contributed by atoms with E-state index in [0.29, 0.717) is 6.04 Å². The molecule has 0 aromatic heterocycles. The third kappa shape index (κ3) is 4.91. The van der Waals surface area contributed by atoms with Crippen molar-refractivity contribution in [1.29, 1.82) is 0 Å². The summed E-state index contributed by atoms with van der Waals surface area (Å²) in [6.45, 7) is 2.21. The van der Waals surface area contributed by atoms with Crippen LogP contribution in [0.1, 0.15) is 18.9 Å². The molecular weight excluding hydrogens is 182 g/mol. The Morgan fingerprint density at radius 1 is 1.23 bits per heavy atom. The molecule has 0 aliphatic rings. The van der Waals surface area contributed by atoms with Crippen LogP contribution in [0.4, 0.5) is 0 Å². The SMILES string of the molecule is CNC(C)CCc1ccccc1.Cl. The van der Waals surface area contributed by atoms with Crippen molar-refractivity contribution in [1.82, 2.24) is 5.32 Å². The van der Waals surface area contributed by atoms with Gasteiger partial charge in [0, 0.05) is 6.04 Å². The lowest BCUT2D eigenvalue weighted by molar-refractivity contribution is 0.565. The summed E-state index contributed by atoms with van der Waals surface area (Å²) >= 11 is 0. The highest BCUT2D eigenvalue weighted by atomic mass is 35.5. The molecule has 0 aliphatic carbocycles. The van der Waals surface area contributed by atoms with Gasteiger partial charge in [0.25, 0.3) is 0 Å². The molecule has 0 bridgehead atoms. The second-order valence-electron chi connectivity index (χ2n) is 3.21. The molecular formula is C11H18ClN. The van der Waals surface area contributed by atoms with Crippen LogP contribution in [0.3, 0.4) is 0 Å². The molecule has 0 saturated carbocycles. The minimum atomic E-state index is 0. The zero-order chi connectivity index (χ0) is 8.81. The molecule has 1 atom stereocenters. The first-order valence-electron chi connectivity index (χ1n) is 4.54. The van der Waals surface area contributed by atoms with Gasteiger partial charge in [-0.05, 0) is 32.4 Å². The highest BCUT2D eigenvalue weighted by molar-refractivity contribution is 5.85. The van der Waals surface area contributed by atoms with Crippen LogP contribution in [0.15, 0.2) is 30.3 Å². The minimum Gasteiger partial charge on any atom is -0.317 e. The van der Waals surface area contributed by atoms with Gasteiger partial charge in [0.05, 0.1) is 0 Å². The van der Waals surface area contributed by atoms with Crippen molar-refractivity contribution in [2.24, 2.45) is 0 Å². The fourth-order valence-electron chi connectivity index (χ4n) is 1.17. The van der Waals surface area contributed by atoms with E-state index in [1.807, 2.05) is 7.05 Å². The Bertz CT molecular complexity index is 211. The van der Waals surface area contributed by atoms with E-state index in [2.05, 4.69) is 42.6 Å². The van der Waals surface area contributed by atoms with Gasteiger partial charge >= 0.3 is 0 Å². The van der Waals surface area contributed by atoms with Gasteiger partial charge in [-0.3, -0.25) is 0 Å². The predicted molar refractivity (Wildman–Crippen MR) is 60.5 cm³/mol. The first kappa shape index (κ1) is 12.5. The molecule has 74 valence electrons. The van der Waals surface area contributed by atoms with E-state index in [-0.39, 0.29) is 12.4 Å². The lowest BCUT2D eigenvalue weighted by Gasteiger charge is -2.08. The molecule has 0 aliphatic heterocycles. The Morgan fingerprint density at radius 3 is 2.38 bits per heavy atom. The van der Waals surface area contributed by atoms with Gasteiger partial charge in [-0.25, -0.2) is 0 Å². The van der Waals surface area contributed by atoms with Crippen molar-refractivity contribution in [2.45, 2.75) is 25.8 Å². The standard InChI is InChI=1S/C11H17N.ClH/c1-10(12-2)8-9-11-6-4-3-5-7-11;/h3-7,10,12H,8-9H2,1-2H3;1H. The van der Waals surface area contributed by atoms with Gasteiger partial charge < -0.3 is 5.32 Å². The molecule has 1 unspecified atom stereocenters. The average Bonchev–Trinajstić information content (AvgIpc) is 2.16. The van der Waals surface area contributed by atoms with Crippen LogP contribution in [0.25, 0.3) is 0 Å². The summed E-state index contributed by atoms with van der Waals surface area (Å²) < 4.78 is 0. The summed E-state index contributed by atoms with van der Waals surface area (Å²) in [5.74, 6) is 0. The Labute approximate surface area is 87.0 Å². The molecule has 0 heterocycles. The Balaban J connectivity index is 0.00000144. The van der Waals surface area contributed by atoms with Crippen LogP contribution in [-0.2, 0) is 6.42 Å². The van der Waals surface area contributed by atoms with E-state index in [4.69, 9.17) is 0 Å². The summed E-state index contributed by atoms with van der Waals surface area (Å²) in [5.41, 5.74) is 1.43. The maximum Gasteiger partial charge on any atom is 0.00388 e. The highest BCUT2D eigenvalue weighted by Crippen LogP contribution is 2.03. The first-order chi connectivity index (χ1) is 5.83. The van der Waals surface area contributed by atoms with Crippen LogP contribution in [0.2, 0.25) is 0 Å². The Kier molecular flexibility index (Phi) is 6.65. The summed E-state index contributed by atoms with van der Waals surface area (Å²) in [6, 6.07) is 11.2. The lowest BCUT2D eigenvalue weighted by Crippen LogP contribution is -2.21. The van der Waals surface area contributed by atoms with Gasteiger partial charge in [0.15, 0.2) is 0 Å². The average molecular weight is 200 g/mol. The van der Waals surface area contributed by atoms with E-state index < -0.39 is 0 Å². The van der Waals surface area contributed by atoms with E-state index in [9.17, 15) is 0 Å². The smallest absolute Gasteiger partial charge is 0.00388 e. The largest absolute Gasteiger partial charge is 0.317 e.